The average Bonchev–Trinajstić information content (AvgIpc) is 2.63. The molecule has 0 unspecified atom stereocenters. The van der Waals surface area contributed by atoms with E-state index in [1.54, 1.807) is 6.07 Å². The molecule has 2 aromatic carbocycles. The van der Waals surface area contributed by atoms with Crippen molar-refractivity contribution in [3.05, 3.63) is 66.2 Å². The number of nitrogens with zero attached hydrogens (tertiary/aromatic N) is 3. The van der Waals surface area contributed by atoms with E-state index < -0.39 is 0 Å². The van der Waals surface area contributed by atoms with Gasteiger partial charge in [0.1, 0.15) is 23.5 Å². The summed E-state index contributed by atoms with van der Waals surface area (Å²) < 4.78 is 13.9. The molecular weight excluding hydrogens is 289 g/mol. The van der Waals surface area contributed by atoms with E-state index in [1.165, 1.54) is 18.0 Å². The summed E-state index contributed by atoms with van der Waals surface area (Å²) in [6.07, 6.45) is 3.64. The molecule has 0 spiro atoms. The zero-order valence-corrected chi connectivity index (χ0v) is 12.8. The molecule has 23 heavy (non-hydrogen) atoms. The predicted molar refractivity (Wildman–Crippen MR) is 90.1 cm³/mol. The van der Waals surface area contributed by atoms with Crippen LogP contribution in [-0.2, 0) is 0 Å². The van der Waals surface area contributed by atoms with Crippen LogP contribution in [0.4, 0.5) is 10.2 Å². The van der Waals surface area contributed by atoms with Gasteiger partial charge < -0.3 is 4.90 Å². The minimum atomic E-state index is -0.287. The molecule has 1 saturated heterocycles. The minimum absolute atomic E-state index is 0.287. The van der Waals surface area contributed by atoms with Crippen molar-refractivity contribution in [2.75, 3.05) is 18.0 Å². The smallest absolute Gasteiger partial charge is 0.149 e. The highest BCUT2D eigenvalue weighted by atomic mass is 19.1. The van der Waals surface area contributed by atoms with Gasteiger partial charge in [0.25, 0.3) is 0 Å². The maximum Gasteiger partial charge on any atom is 0.149 e. The Morgan fingerprint density at radius 1 is 0.913 bits per heavy atom. The van der Waals surface area contributed by atoms with Crippen molar-refractivity contribution in [1.29, 1.82) is 0 Å². The zero-order valence-electron chi connectivity index (χ0n) is 12.8. The lowest BCUT2D eigenvalue weighted by Crippen LogP contribution is -2.33. The fourth-order valence-corrected chi connectivity index (χ4v) is 3.44. The highest BCUT2D eigenvalue weighted by molar-refractivity contribution is 5.89. The van der Waals surface area contributed by atoms with Gasteiger partial charge in [-0.3, -0.25) is 0 Å². The van der Waals surface area contributed by atoms with E-state index in [2.05, 4.69) is 45.2 Å². The quantitative estimate of drug-likeness (QED) is 0.712. The maximum absolute atomic E-state index is 13.9. The van der Waals surface area contributed by atoms with Gasteiger partial charge in [0.05, 0.1) is 0 Å². The molecule has 3 aromatic rings. The molecular formula is C19H18FN3. The first-order valence-electron chi connectivity index (χ1n) is 8.02. The average molecular weight is 307 g/mol. The van der Waals surface area contributed by atoms with E-state index in [1.807, 2.05) is 6.07 Å². The summed E-state index contributed by atoms with van der Waals surface area (Å²) in [6.45, 7) is 1.87. The van der Waals surface area contributed by atoms with Crippen molar-refractivity contribution < 1.29 is 4.39 Å². The Balaban J connectivity index is 1.58. The second-order valence-electron chi connectivity index (χ2n) is 6.01. The molecule has 1 aliphatic rings. The largest absolute Gasteiger partial charge is 0.356 e. The maximum atomic E-state index is 13.9. The fraction of sp³-hybridized carbons (Fsp3) is 0.263. The fourth-order valence-electron chi connectivity index (χ4n) is 3.44. The van der Waals surface area contributed by atoms with E-state index in [0.29, 0.717) is 11.4 Å². The molecule has 3 nitrogen and oxygen atoms in total. The van der Waals surface area contributed by atoms with Gasteiger partial charge in [-0.1, -0.05) is 36.4 Å². The molecule has 1 fully saturated rings. The van der Waals surface area contributed by atoms with Crippen LogP contribution in [-0.4, -0.2) is 23.1 Å². The third-order valence-corrected chi connectivity index (χ3v) is 4.66. The van der Waals surface area contributed by atoms with Gasteiger partial charge in [-0.2, -0.15) is 0 Å². The monoisotopic (exact) mass is 307 g/mol. The van der Waals surface area contributed by atoms with Gasteiger partial charge in [-0.25, -0.2) is 14.4 Å². The second-order valence-corrected chi connectivity index (χ2v) is 6.01. The number of aromatic nitrogens is 2. The van der Waals surface area contributed by atoms with Gasteiger partial charge in [0.2, 0.25) is 0 Å². The van der Waals surface area contributed by atoms with Crippen LogP contribution in [0, 0.1) is 5.82 Å². The molecule has 116 valence electrons. The summed E-state index contributed by atoms with van der Waals surface area (Å²) in [5, 5.41) is 0.797. The number of anilines is 1. The Labute approximate surface area is 134 Å². The van der Waals surface area contributed by atoms with Crippen molar-refractivity contribution in [2.24, 2.45) is 0 Å². The van der Waals surface area contributed by atoms with Crippen molar-refractivity contribution in [3.8, 4) is 0 Å². The number of para-hydroxylation sites is 1. The second kappa shape index (κ2) is 5.95. The Morgan fingerprint density at radius 2 is 1.70 bits per heavy atom. The Hall–Kier alpha value is -2.49. The molecule has 0 N–H and O–H groups in total. The standard InChI is InChI=1S/C19H18FN3/c20-17-8-4-7-16-18(17)21-13-22-19(16)23-11-9-15(10-12-23)14-5-2-1-3-6-14/h1-8,13,15H,9-12H2. The van der Waals surface area contributed by atoms with Gasteiger partial charge in [-0.15, -0.1) is 0 Å². The Morgan fingerprint density at radius 3 is 2.48 bits per heavy atom. The number of halogens is 1. The first-order valence-corrected chi connectivity index (χ1v) is 8.02. The molecule has 4 rings (SSSR count). The molecule has 2 heterocycles. The molecule has 0 aliphatic carbocycles. The van der Waals surface area contributed by atoms with Crippen LogP contribution in [0.5, 0.6) is 0 Å². The number of hydrogen-bond donors (Lipinski definition) is 0. The summed E-state index contributed by atoms with van der Waals surface area (Å²) in [5.41, 5.74) is 1.81. The summed E-state index contributed by atoms with van der Waals surface area (Å²) >= 11 is 0. The van der Waals surface area contributed by atoms with Crippen LogP contribution >= 0.6 is 0 Å². The van der Waals surface area contributed by atoms with Crippen LogP contribution < -0.4 is 4.90 Å². The lowest BCUT2D eigenvalue weighted by Gasteiger charge is -2.33. The predicted octanol–water partition coefficient (Wildman–Crippen LogP) is 4.15. The summed E-state index contributed by atoms with van der Waals surface area (Å²) in [6, 6.07) is 15.7. The van der Waals surface area contributed by atoms with Gasteiger partial charge in [-0.05, 0) is 36.5 Å². The van der Waals surface area contributed by atoms with Crippen LogP contribution in [0.1, 0.15) is 24.3 Å². The normalized spacial score (nSPS) is 16.0. The molecule has 1 aliphatic heterocycles. The van der Waals surface area contributed by atoms with Crippen molar-refractivity contribution in [2.45, 2.75) is 18.8 Å². The van der Waals surface area contributed by atoms with E-state index in [0.717, 1.165) is 37.1 Å². The van der Waals surface area contributed by atoms with Crippen LogP contribution in [0.25, 0.3) is 10.9 Å². The Kier molecular flexibility index (Phi) is 3.66. The number of benzene rings is 2. The summed E-state index contributed by atoms with van der Waals surface area (Å²) in [5.74, 6) is 1.16. The van der Waals surface area contributed by atoms with Crippen molar-refractivity contribution in [1.82, 2.24) is 9.97 Å². The molecule has 0 atom stereocenters. The van der Waals surface area contributed by atoms with E-state index >= 15 is 0 Å². The molecule has 0 bridgehead atoms. The minimum Gasteiger partial charge on any atom is -0.356 e. The molecule has 4 heteroatoms. The first-order chi connectivity index (χ1) is 11.3. The Bertz CT molecular complexity index is 811. The molecule has 0 saturated carbocycles. The van der Waals surface area contributed by atoms with Gasteiger partial charge in [0.15, 0.2) is 0 Å². The number of rotatable bonds is 2. The number of fused-ring (bicyclic) bond motifs is 1. The highest BCUT2D eigenvalue weighted by Crippen LogP contribution is 2.32. The van der Waals surface area contributed by atoms with Crippen LogP contribution in [0.2, 0.25) is 0 Å². The SMILES string of the molecule is Fc1cccc2c(N3CCC(c4ccccc4)CC3)ncnc12. The van der Waals surface area contributed by atoms with E-state index in [-0.39, 0.29) is 5.82 Å². The molecule has 0 radical (unpaired) electrons. The lowest BCUT2D eigenvalue weighted by atomic mass is 9.89. The lowest BCUT2D eigenvalue weighted by molar-refractivity contribution is 0.503. The van der Waals surface area contributed by atoms with Gasteiger partial charge >= 0.3 is 0 Å². The number of hydrogen-bond acceptors (Lipinski definition) is 3. The zero-order chi connectivity index (χ0) is 15.6. The molecule has 0 amide bonds. The van der Waals surface area contributed by atoms with Crippen molar-refractivity contribution >= 4 is 16.7 Å². The number of piperidine rings is 1. The van der Waals surface area contributed by atoms with Crippen LogP contribution in [0.15, 0.2) is 54.9 Å². The topological polar surface area (TPSA) is 29.0 Å². The third-order valence-electron chi connectivity index (χ3n) is 4.66. The van der Waals surface area contributed by atoms with Crippen molar-refractivity contribution in [3.63, 3.8) is 0 Å². The van der Waals surface area contributed by atoms with Crippen LogP contribution in [0.3, 0.4) is 0 Å². The van der Waals surface area contributed by atoms with Gasteiger partial charge in [0, 0.05) is 18.5 Å². The highest BCUT2D eigenvalue weighted by Gasteiger charge is 2.23. The molecule has 1 aromatic heterocycles. The summed E-state index contributed by atoms with van der Waals surface area (Å²) in [7, 11) is 0. The first kappa shape index (κ1) is 14.1. The third kappa shape index (κ3) is 2.65. The van der Waals surface area contributed by atoms with E-state index in [9.17, 15) is 4.39 Å². The van der Waals surface area contributed by atoms with E-state index in [4.69, 9.17) is 0 Å². The summed E-state index contributed by atoms with van der Waals surface area (Å²) in [4.78, 5) is 10.8.